The molecule has 2 rings (SSSR count). The monoisotopic (exact) mass is 402 g/mol. The molecule has 28 heavy (non-hydrogen) atoms. The highest BCUT2D eigenvalue weighted by Crippen LogP contribution is 2.26. The molecule has 1 amide bonds. The molecular weight excluding hydrogens is 377 g/mol. The fourth-order valence-corrected chi connectivity index (χ4v) is 2.86. The van der Waals surface area contributed by atoms with Gasteiger partial charge in [-0.1, -0.05) is 18.2 Å². The van der Waals surface area contributed by atoms with Crippen molar-refractivity contribution >= 4 is 12.1 Å². The highest BCUT2D eigenvalue weighted by molar-refractivity contribution is 5.80. The second kappa shape index (κ2) is 10.0. The van der Waals surface area contributed by atoms with Crippen molar-refractivity contribution < 1.29 is 27.4 Å². The molecular formula is C18H25F3N4O3. The third-order valence-corrected chi connectivity index (χ3v) is 4.23. The van der Waals surface area contributed by atoms with E-state index in [0.717, 1.165) is 0 Å². The van der Waals surface area contributed by atoms with E-state index < -0.39 is 6.36 Å². The van der Waals surface area contributed by atoms with Crippen molar-refractivity contribution in [2.75, 3.05) is 26.7 Å². The number of nitrogens with zero attached hydrogens (tertiary/aromatic N) is 2. The van der Waals surface area contributed by atoms with Gasteiger partial charge in [0, 0.05) is 38.3 Å². The Bertz CT molecular complexity index is 674. The van der Waals surface area contributed by atoms with Gasteiger partial charge in [-0.25, -0.2) is 4.79 Å². The second-order valence-corrected chi connectivity index (χ2v) is 6.19. The van der Waals surface area contributed by atoms with E-state index in [9.17, 15) is 18.0 Å². The van der Waals surface area contributed by atoms with Crippen LogP contribution in [0.1, 0.15) is 25.3 Å². The molecule has 1 aliphatic rings. The third-order valence-electron chi connectivity index (χ3n) is 4.23. The van der Waals surface area contributed by atoms with E-state index in [1.54, 1.807) is 31.0 Å². The van der Waals surface area contributed by atoms with Gasteiger partial charge in [-0.05, 0) is 25.8 Å². The molecule has 1 fully saturated rings. The number of guanidine groups is 1. The van der Waals surface area contributed by atoms with Crippen LogP contribution < -0.4 is 15.4 Å². The van der Waals surface area contributed by atoms with Crippen molar-refractivity contribution in [3.8, 4) is 5.75 Å². The quantitative estimate of drug-likeness (QED) is 0.585. The van der Waals surface area contributed by atoms with Crippen LogP contribution in [0.15, 0.2) is 29.3 Å². The van der Waals surface area contributed by atoms with Gasteiger partial charge in [-0.15, -0.1) is 13.2 Å². The number of para-hydroxylation sites is 1. The molecule has 1 saturated heterocycles. The Kier molecular flexibility index (Phi) is 7.77. The van der Waals surface area contributed by atoms with Crippen molar-refractivity contribution in [1.82, 2.24) is 15.5 Å². The lowest BCUT2D eigenvalue weighted by Crippen LogP contribution is -2.49. The molecule has 0 aromatic heterocycles. The topological polar surface area (TPSA) is 75.2 Å². The number of nitrogens with one attached hydrogen (secondary N) is 2. The molecule has 0 radical (unpaired) electrons. The molecule has 0 unspecified atom stereocenters. The predicted molar refractivity (Wildman–Crippen MR) is 98.1 cm³/mol. The molecule has 0 bridgehead atoms. The Balaban J connectivity index is 1.86. The SMILES string of the molecule is CCOC(=O)N1CCC(NC(=NC)NCc2ccccc2OC(F)(F)F)CC1. The molecule has 2 N–H and O–H groups in total. The molecule has 1 heterocycles. The maximum Gasteiger partial charge on any atom is 0.573 e. The van der Waals surface area contributed by atoms with E-state index in [-0.39, 0.29) is 24.4 Å². The summed E-state index contributed by atoms with van der Waals surface area (Å²) < 4.78 is 46.6. The normalized spacial score (nSPS) is 15.9. The van der Waals surface area contributed by atoms with Crippen molar-refractivity contribution in [2.45, 2.75) is 38.7 Å². The first-order chi connectivity index (χ1) is 13.3. The lowest BCUT2D eigenvalue weighted by atomic mass is 10.1. The standard InChI is InChI=1S/C18H25F3N4O3/c1-3-27-17(26)25-10-8-14(9-11-25)24-16(22-2)23-12-13-6-4-5-7-15(13)28-18(19,20)21/h4-7,14H,3,8-12H2,1-2H3,(H2,22,23,24). The zero-order valence-corrected chi connectivity index (χ0v) is 15.9. The van der Waals surface area contributed by atoms with Crippen LogP contribution in [0.4, 0.5) is 18.0 Å². The van der Waals surface area contributed by atoms with Crippen LogP contribution in [-0.4, -0.2) is 56.1 Å². The van der Waals surface area contributed by atoms with E-state index in [1.165, 1.54) is 12.1 Å². The maximum absolute atomic E-state index is 12.5. The van der Waals surface area contributed by atoms with E-state index in [2.05, 4.69) is 20.4 Å². The highest BCUT2D eigenvalue weighted by atomic mass is 19.4. The van der Waals surface area contributed by atoms with Crippen molar-refractivity contribution in [1.29, 1.82) is 0 Å². The zero-order chi connectivity index (χ0) is 20.6. The van der Waals surface area contributed by atoms with E-state index in [1.807, 2.05) is 0 Å². The zero-order valence-electron chi connectivity index (χ0n) is 15.9. The lowest BCUT2D eigenvalue weighted by Gasteiger charge is -2.32. The van der Waals surface area contributed by atoms with Crippen LogP contribution in [0.25, 0.3) is 0 Å². The molecule has 0 spiro atoms. The summed E-state index contributed by atoms with van der Waals surface area (Å²) in [7, 11) is 1.58. The minimum Gasteiger partial charge on any atom is -0.450 e. The number of hydrogen-bond acceptors (Lipinski definition) is 4. The lowest BCUT2D eigenvalue weighted by molar-refractivity contribution is -0.274. The van der Waals surface area contributed by atoms with Crippen molar-refractivity contribution in [2.24, 2.45) is 4.99 Å². The molecule has 1 aromatic carbocycles. The summed E-state index contributed by atoms with van der Waals surface area (Å²) in [4.78, 5) is 17.5. The smallest absolute Gasteiger partial charge is 0.450 e. The van der Waals surface area contributed by atoms with Gasteiger partial charge in [0.15, 0.2) is 5.96 Å². The largest absolute Gasteiger partial charge is 0.573 e. The molecule has 10 heteroatoms. The van der Waals surface area contributed by atoms with E-state index >= 15 is 0 Å². The highest BCUT2D eigenvalue weighted by Gasteiger charge is 2.32. The summed E-state index contributed by atoms with van der Waals surface area (Å²) >= 11 is 0. The van der Waals surface area contributed by atoms with Crippen LogP contribution in [0.5, 0.6) is 5.75 Å². The number of amides is 1. The molecule has 156 valence electrons. The Labute approximate surface area is 161 Å². The van der Waals surface area contributed by atoms with Crippen LogP contribution in [0, 0.1) is 0 Å². The number of carbonyl (C=O) groups is 1. The van der Waals surface area contributed by atoms with Gasteiger partial charge in [0.1, 0.15) is 5.75 Å². The Hall–Kier alpha value is -2.65. The molecule has 0 aliphatic carbocycles. The Morgan fingerprint density at radius 2 is 1.96 bits per heavy atom. The molecule has 1 aromatic rings. The number of carbonyl (C=O) groups excluding carboxylic acids is 1. The molecule has 7 nitrogen and oxygen atoms in total. The van der Waals surface area contributed by atoms with Crippen LogP contribution in [0.2, 0.25) is 0 Å². The summed E-state index contributed by atoms with van der Waals surface area (Å²) in [6.07, 6.45) is -3.63. The van der Waals surface area contributed by atoms with Crippen LogP contribution >= 0.6 is 0 Å². The summed E-state index contributed by atoms with van der Waals surface area (Å²) in [5, 5.41) is 6.23. The summed E-state index contributed by atoms with van der Waals surface area (Å²) in [6.45, 7) is 3.35. The van der Waals surface area contributed by atoms with Crippen molar-refractivity contribution in [3.05, 3.63) is 29.8 Å². The van der Waals surface area contributed by atoms with Crippen LogP contribution in [0.3, 0.4) is 0 Å². The summed E-state index contributed by atoms with van der Waals surface area (Å²) in [5.74, 6) is 0.220. The average Bonchev–Trinajstić information content (AvgIpc) is 2.65. The summed E-state index contributed by atoms with van der Waals surface area (Å²) in [6, 6.07) is 6.04. The molecule has 0 atom stereocenters. The van der Waals surface area contributed by atoms with Gasteiger partial charge < -0.3 is 25.0 Å². The van der Waals surface area contributed by atoms with Gasteiger partial charge in [-0.3, -0.25) is 4.99 Å². The average molecular weight is 402 g/mol. The number of aliphatic imine (C=N–C) groups is 1. The number of hydrogen-bond donors (Lipinski definition) is 2. The first-order valence-corrected chi connectivity index (χ1v) is 9.05. The fraction of sp³-hybridized carbons (Fsp3) is 0.556. The minimum absolute atomic E-state index is 0.0959. The van der Waals surface area contributed by atoms with Gasteiger partial charge in [0.25, 0.3) is 0 Å². The van der Waals surface area contributed by atoms with E-state index in [0.29, 0.717) is 44.1 Å². The van der Waals surface area contributed by atoms with Crippen LogP contribution in [-0.2, 0) is 11.3 Å². The first-order valence-electron chi connectivity index (χ1n) is 9.05. The van der Waals surface area contributed by atoms with Gasteiger partial charge in [0.2, 0.25) is 0 Å². The number of ether oxygens (including phenoxy) is 2. The minimum atomic E-state index is -4.75. The summed E-state index contributed by atoms with van der Waals surface area (Å²) in [5.41, 5.74) is 0.361. The van der Waals surface area contributed by atoms with Gasteiger partial charge >= 0.3 is 12.5 Å². The number of alkyl halides is 3. The number of benzene rings is 1. The predicted octanol–water partition coefficient (Wildman–Crippen LogP) is 2.87. The first kappa shape index (κ1) is 21.6. The number of piperidine rings is 1. The fourth-order valence-electron chi connectivity index (χ4n) is 2.86. The second-order valence-electron chi connectivity index (χ2n) is 6.19. The third kappa shape index (κ3) is 6.82. The number of likely N-dealkylation sites (tertiary alicyclic amines) is 1. The number of rotatable bonds is 5. The van der Waals surface area contributed by atoms with E-state index in [4.69, 9.17) is 4.74 Å². The Morgan fingerprint density at radius 3 is 2.57 bits per heavy atom. The molecule has 0 saturated carbocycles. The van der Waals surface area contributed by atoms with Gasteiger partial charge in [0.05, 0.1) is 6.61 Å². The maximum atomic E-state index is 12.5. The molecule has 1 aliphatic heterocycles. The van der Waals surface area contributed by atoms with Crippen molar-refractivity contribution in [3.63, 3.8) is 0 Å². The Morgan fingerprint density at radius 1 is 1.29 bits per heavy atom. The number of halogens is 3. The van der Waals surface area contributed by atoms with Gasteiger partial charge in [-0.2, -0.15) is 0 Å².